The summed E-state index contributed by atoms with van der Waals surface area (Å²) in [7, 11) is -4.61. The molecule has 12 nitrogen and oxygen atoms in total. The molecule has 4 N–H and O–H groups in total. The molecule has 2 unspecified atom stereocenters. The summed E-state index contributed by atoms with van der Waals surface area (Å²) in [6.07, 6.45) is 31.1. The van der Waals surface area contributed by atoms with Crippen LogP contribution in [0.3, 0.4) is 0 Å². The molecular formula is C45H80O12S. The number of hydrogen-bond donors (Lipinski definition) is 4. The fraction of sp³-hybridized carbons (Fsp3) is 0.822. The molecule has 0 amide bonds. The zero-order chi connectivity index (χ0) is 42.7. The van der Waals surface area contributed by atoms with Crippen LogP contribution in [0.25, 0.3) is 0 Å². The van der Waals surface area contributed by atoms with Crippen molar-refractivity contribution in [2.75, 3.05) is 19.0 Å². The summed E-state index contributed by atoms with van der Waals surface area (Å²) in [6, 6.07) is 0. The number of aliphatic hydroxyl groups is 3. The van der Waals surface area contributed by atoms with Crippen molar-refractivity contribution in [2.24, 2.45) is 0 Å². The third-order valence-electron chi connectivity index (χ3n) is 10.3. The summed E-state index contributed by atoms with van der Waals surface area (Å²) >= 11 is 0. The first kappa shape index (κ1) is 53.9. The Bertz CT molecular complexity index is 1220. The summed E-state index contributed by atoms with van der Waals surface area (Å²) in [4.78, 5) is 25.3. The lowest BCUT2D eigenvalue weighted by Gasteiger charge is -2.40. The van der Waals surface area contributed by atoms with E-state index in [1.807, 2.05) is 6.08 Å². The van der Waals surface area contributed by atoms with Crippen molar-refractivity contribution in [3.63, 3.8) is 0 Å². The van der Waals surface area contributed by atoms with Gasteiger partial charge in [0.2, 0.25) is 0 Å². The van der Waals surface area contributed by atoms with Gasteiger partial charge in [0.25, 0.3) is 10.1 Å². The van der Waals surface area contributed by atoms with E-state index < -0.39 is 71.2 Å². The summed E-state index contributed by atoms with van der Waals surface area (Å²) < 4.78 is 53.8. The van der Waals surface area contributed by atoms with Gasteiger partial charge >= 0.3 is 11.9 Å². The highest BCUT2D eigenvalue weighted by Crippen LogP contribution is 2.24. The van der Waals surface area contributed by atoms with Crippen molar-refractivity contribution in [2.45, 2.75) is 218 Å². The van der Waals surface area contributed by atoms with Crippen molar-refractivity contribution in [3.05, 3.63) is 36.5 Å². The van der Waals surface area contributed by atoms with Gasteiger partial charge in [0, 0.05) is 12.5 Å². The molecular weight excluding hydrogens is 765 g/mol. The number of esters is 2. The minimum atomic E-state index is -4.61. The van der Waals surface area contributed by atoms with Crippen LogP contribution in [0.1, 0.15) is 181 Å². The van der Waals surface area contributed by atoms with Crippen LogP contribution in [0.2, 0.25) is 0 Å². The molecule has 1 aliphatic rings. The van der Waals surface area contributed by atoms with Crippen LogP contribution in [0.4, 0.5) is 0 Å². The lowest BCUT2D eigenvalue weighted by Crippen LogP contribution is -2.60. The quantitative estimate of drug-likeness (QED) is 0.0116. The third-order valence-corrected chi connectivity index (χ3v) is 11.0. The Hall–Kier alpha value is -2.13. The Balaban J connectivity index is 2.51. The number of unbranched alkanes of at least 4 members (excludes halogenated alkanes) is 22. The van der Waals surface area contributed by atoms with Gasteiger partial charge in [0.1, 0.15) is 36.8 Å². The fourth-order valence-electron chi connectivity index (χ4n) is 6.75. The van der Waals surface area contributed by atoms with Gasteiger partial charge in [-0.05, 0) is 44.9 Å². The summed E-state index contributed by atoms with van der Waals surface area (Å²) in [6.45, 7) is 3.65. The molecule has 6 atom stereocenters. The van der Waals surface area contributed by atoms with Gasteiger partial charge in [0.05, 0.1) is 6.61 Å². The topological polar surface area (TPSA) is 186 Å². The van der Waals surface area contributed by atoms with Gasteiger partial charge in [-0.1, -0.05) is 160 Å². The Morgan fingerprint density at radius 2 is 1.10 bits per heavy atom. The van der Waals surface area contributed by atoms with Gasteiger partial charge in [-0.2, -0.15) is 8.42 Å². The van der Waals surface area contributed by atoms with E-state index in [4.69, 9.17) is 18.9 Å². The zero-order valence-electron chi connectivity index (χ0n) is 35.9. The molecule has 58 heavy (non-hydrogen) atoms. The molecule has 1 saturated heterocycles. The SMILES string of the molecule is CCCCCCCC/C=C/CCCCCCCC(=O)OC[C@H](CO[C@H]1O[C@H](CS(=O)(=O)O)[C@@H](O)C(O)C1O)OC(=O)/C=C/C=C/CCCCCCCCCCCCC. The van der Waals surface area contributed by atoms with Gasteiger partial charge in [-0.3, -0.25) is 9.35 Å². The van der Waals surface area contributed by atoms with E-state index in [2.05, 4.69) is 26.0 Å². The van der Waals surface area contributed by atoms with Crippen LogP contribution in [-0.4, -0.2) is 96.0 Å². The van der Waals surface area contributed by atoms with E-state index in [0.717, 1.165) is 57.8 Å². The minimum absolute atomic E-state index is 0.190. The van der Waals surface area contributed by atoms with Crippen molar-refractivity contribution in [1.29, 1.82) is 0 Å². The molecule has 0 aromatic heterocycles. The number of rotatable bonds is 37. The van der Waals surface area contributed by atoms with Crippen molar-refractivity contribution < 1.29 is 56.8 Å². The maximum absolute atomic E-state index is 12.7. The molecule has 0 saturated carbocycles. The van der Waals surface area contributed by atoms with Crippen LogP contribution in [0.15, 0.2) is 36.5 Å². The average molecular weight is 845 g/mol. The molecule has 0 radical (unpaired) electrons. The van der Waals surface area contributed by atoms with Crippen LogP contribution in [0, 0.1) is 0 Å². The molecule has 0 aromatic carbocycles. The lowest BCUT2D eigenvalue weighted by atomic mass is 10.00. The molecule has 13 heteroatoms. The summed E-state index contributed by atoms with van der Waals surface area (Å²) in [5.41, 5.74) is 0. The normalized spacial score (nSPS) is 20.7. The van der Waals surface area contributed by atoms with Crippen molar-refractivity contribution >= 4 is 22.1 Å². The molecule has 1 rings (SSSR count). The molecule has 1 fully saturated rings. The molecule has 338 valence electrons. The van der Waals surface area contributed by atoms with Gasteiger partial charge in [0.15, 0.2) is 12.4 Å². The minimum Gasteiger partial charge on any atom is -0.462 e. The van der Waals surface area contributed by atoms with Gasteiger partial charge in [-0.15, -0.1) is 0 Å². The lowest BCUT2D eigenvalue weighted by molar-refractivity contribution is -0.297. The number of ether oxygens (including phenoxy) is 4. The molecule has 1 heterocycles. The molecule has 1 aliphatic heterocycles. The Morgan fingerprint density at radius 3 is 1.62 bits per heavy atom. The Labute approximate surface area is 351 Å². The molecule has 0 bridgehead atoms. The highest BCUT2D eigenvalue weighted by Gasteiger charge is 2.46. The molecule has 0 aliphatic carbocycles. The van der Waals surface area contributed by atoms with Gasteiger partial charge < -0.3 is 34.3 Å². The predicted octanol–water partition coefficient (Wildman–Crippen LogP) is 9.00. The smallest absolute Gasteiger partial charge is 0.331 e. The zero-order valence-corrected chi connectivity index (χ0v) is 36.7. The molecule has 0 aromatic rings. The van der Waals surface area contributed by atoms with E-state index in [1.54, 1.807) is 12.2 Å². The number of allylic oxidation sites excluding steroid dienone is 5. The highest BCUT2D eigenvalue weighted by atomic mass is 32.2. The second-order valence-corrected chi connectivity index (χ2v) is 17.3. The Morgan fingerprint density at radius 1 is 0.621 bits per heavy atom. The number of carbonyl (C=O) groups is 2. The third kappa shape index (κ3) is 30.0. The van der Waals surface area contributed by atoms with E-state index in [-0.39, 0.29) is 13.0 Å². The van der Waals surface area contributed by atoms with Crippen LogP contribution >= 0.6 is 0 Å². The first-order valence-corrected chi connectivity index (χ1v) is 24.2. The molecule has 0 spiro atoms. The summed E-state index contributed by atoms with van der Waals surface area (Å²) in [5, 5.41) is 30.8. The maximum Gasteiger partial charge on any atom is 0.331 e. The second kappa shape index (κ2) is 35.6. The van der Waals surface area contributed by atoms with Crippen LogP contribution < -0.4 is 0 Å². The number of carbonyl (C=O) groups excluding carboxylic acids is 2. The average Bonchev–Trinajstić information content (AvgIpc) is 3.18. The summed E-state index contributed by atoms with van der Waals surface area (Å²) in [5.74, 6) is -2.26. The number of hydrogen-bond acceptors (Lipinski definition) is 11. The first-order valence-electron chi connectivity index (χ1n) is 22.6. The fourth-order valence-corrected chi connectivity index (χ4v) is 7.45. The second-order valence-electron chi connectivity index (χ2n) is 15.8. The first-order chi connectivity index (χ1) is 28.0. The van der Waals surface area contributed by atoms with E-state index in [9.17, 15) is 37.9 Å². The Kier molecular flexibility index (Phi) is 33.1. The maximum atomic E-state index is 12.7. The highest BCUT2D eigenvalue weighted by molar-refractivity contribution is 7.85. The predicted molar refractivity (Wildman–Crippen MR) is 229 cm³/mol. The largest absolute Gasteiger partial charge is 0.462 e. The van der Waals surface area contributed by atoms with Gasteiger partial charge in [-0.25, -0.2) is 4.79 Å². The number of aliphatic hydroxyl groups excluding tert-OH is 3. The van der Waals surface area contributed by atoms with E-state index in [0.29, 0.717) is 6.42 Å². The van der Waals surface area contributed by atoms with E-state index in [1.165, 1.54) is 102 Å². The van der Waals surface area contributed by atoms with Crippen molar-refractivity contribution in [1.82, 2.24) is 0 Å². The van der Waals surface area contributed by atoms with E-state index >= 15 is 0 Å². The standard InChI is InChI=1S/C45H80O12S/c1-3-5-7-9-11-13-15-17-19-21-23-25-27-29-31-33-40(46)54-35-38(36-55-45-44(50)43(49)42(48)39(57-45)37-58(51,52)53)56-41(47)34-32-30-28-26-24-22-20-18-16-14-12-10-8-6-4-2/h17,19,28,30,32,34,38-39,42-45,48-50H,3-16,18,20-27,29,31,33,35-37H2,1-2H3,(H,51,52,53)/b19-17+,30-28+,34-32+/t38-,39-,42-,43?,44?,45+/m1/s1. The van der Waals surface area contributed by atoms with Crippen LogP contribution in [0.5, 0.6) is 0 Å². The monoisotopic (exact) mass is 845 g/mol. The van der Waals surface area contributed by atoms with Crippen LogP contribution in [-0.2, 0) is 38.7 Å². The van der Waals surface area contributed by atoms with Crippen molar-refractivity contribution in [3.8, 4) is 0 Å².